The quantitative estimate of drug-likeness (QED) is 0.725. The summed E-state index contributed by atoms with van der Waals surface area (Å²) in [6.45, 7) is 2.37. The van der Waals surface area contributed by atoms with Crippen molar-refractivity contribution in [2.45, 2.75) is 11.6 Å². The molecule has 0 aliphatic carbocycles. The van der Waals surface area contributed by atoms with Crippen LogP contribution in [-0.4, -0.2) is 58.1 Å². The van der Waals surface area contributed by atoms with Crippen LogP contribution in [0.25, 0.3) is 0 Å². The zero-order chi connectivity index (χ0) is 13.0. The van der Waals surface area contributed by atoms with Crippen LogP contribution in [0.4, 0.5) is 0 Å². The highest BCUT2D eigenvalue weighted by Crippen LogP contribution is 2.16. The molecule has 1 aromatic heterocycles. The van der Waals surface area contributed by atoms with Crippen LogP contribution in [0.15, 0.2) is 11.5 Å². The van der Waals surface area contributed by atoms with Crippen molar-refractivity contribution >= 4 is 17.7 Å². The molecule has 0 spiro atoms. The fraction of sp³-hybridized carbons (Fsp3) is 0.727. The smallest absolute Gasteiger partial charge is 0.232 e. The number of aryl methyl sites for hydroxylation is 1. The maximum absolute atomic E-state index is 11.9. The topological polar surface area (TPSA) is 60.2 Å². The number of ether oxygens (including phenoxy) is 1. The minimum Gasteiger partial charge on any atom is -0.381 e. The molecule has 0 bridgehead atoms. The molecular weight excluding hydrogens is 252 g/mol. The molecule has 1 atom stereocenters. The number of hydrogen-bond donors (Lipinski definition) is 0. The number of amides is 1. The highest BCUT2D eigenvalue weighted by atomic mass is 32.2. The zero-order valence-corrected chi connectivity index (χ0v) is 11.5. The first-order valence-electron chi connectivity index (χ1n) is 5.95. The SMILES string of the molecule is CN(C[C@@H]1CCOC1)C(=O)CSc1nncn1C. The molecule has 100 valence electrons. The van der Waals surface area contributed by atoms with Crippen LogP contribution in [0.3, 0.4) is 0 Å². The summed E-state index contributed by atoms with van der Waals surface area (Å²) in [5.41, 5.74) is 0. The molecule has 1 aromatic rings. The Morgan fingerprint density at radius 2 is 2.56 bits per heavy atom. The summed E-state index contributed by atoms with van der Waals surface area (Å²) in [5.74, 6) is 1.00. The second kappa shape index (κ2) is 6.19. The molecule has 1 fully saturated rings. The first-order valence-corrected chi connectivity index (χ1v) is 6.94. The third kappa shape index (κ3) is 3.46. The van der Waals surface area contributed by atoms with Crippen LogP contribution in [0, 0.1) is 5.92 Å². The van der Waals surface area contributed by atoms with Crippen LogP contribution in [-0.2, 0) is 16.6 Å². The van der Waals surface area contributed by atoms with E-state index in [2.05, 4.69) is 10.2 Å². The van der Waals surface area contributed by atoms with Gasteiger partial charge in [0.2, 0.25) is 5.91 Å². The largest absolute Gasteiger partial charge is 0.381 e. The Kier molecular flexibility index (Phi) is 4.60. The molecule has 2 heterocycles. The van der Waals surface area contributed by atoms with Gasteiger partial charge >= 0.3 is 0 Å². The van der Waals surface area contributed by atoms with E-state index in [0.29, 0.717) is 11.7 Å². The predicted molar refractivity (Wildman–Crippen MR) is 68.3 cm³/mol. The normalized spacial score (nSPS) is 19.1. The number of carbonyl (C=O) groups excluding carboxylic acids is 1. The van der Waals surface area contributed by atoms with E-state index in [-0.39, 0.29) is 5.91 Å². The van der Waals surface area contributed by atoms with E-state index in [0.717, 1.165) is 31.3 Å². The first-order chi connectivity index (χ1) is 8.66. The van der Waals surface area contributed by atoms with Crippen LogP contribution >= 0.6 is 11.8 Å². The molecule has 0 radical (unpaired) electrons. The zero-order valence-electron chi connectivity index (χ0n) is 10.7. The lowest BCUT2D eigenvalue weighted by Crippen LogP contribution is -2.33. The minimum atomic E-state index is 0.120. The molecular formula is C11H18N4O2S. The maximum Gasteiger partial charge on any atom is 0.232 e. The van der Waals surface area contributed by atoms with Gasteiger partial charge in [0.25, 0.3) is 0 Å². The Bertz CT molecular complexity index is 404. The molecule has 1 aliphatic rings. The highest BCUT2D eigenvalue weighted by molar-refractivity contribution is 7.99. The van der Waals surface area contributed by atoms with Crippen LogP contribution in [0.1, 0.15) is 6.42 Å². The number of aromatic nitrogens is 3. The molecule has 1 saturated heterocycles. The van der Waals surface area contributed by atoms with E-state index in [1.807, 2.05) is 18.7 Å². The van der Waals surface area contributed by atoms with Crippen molar-refractivity contribution in [3.63, 3.8) is 0 Å². The van der Waals surface area contributed by atoms with Crippen molar-refractivity contribution in [3.8, 4) is 0 Å². The van der Waals surface area contributed by atoms with Crippen molar-refractivity contribution in [1.29, 1.82) is 0 Å². The van der Waals surface area contributed by atoms with E-state index in [1.165, 1.54) is 11.8 Å². The van der Waals surface area contributed by atoms with E-state index >= 15 is 0 Å². The van der Waals surface area contributed by atoms with Crippen molar-refractivity contribution in [2.75, 3.05) is 32.6 Å². The third-order valence-corrected chi connectivity index (χ3v) is 4.00. The third-order valence-electron chi connectivity index (χ3n) is 2.98. The van der Waals surface area contributed by atoms with Crippen molar-refractivity contribution < 1.29 is 9.53 Å². The summed E-state index contributed by atoms with van der Waals surface area (Å²) >= 11 is 1.41. The molecule has 0 saturated carbocycles. The first kappa shape index (κ1) is 13.4. The van der Waals surface area contributed by atoms with Gasteiger partial charge in [0.05, 0.1) is 12.4 Å². The van der Waals surface area contributed by atoms with Gasteiger partial charge in [-0.25, -0.2) is 0 Å². The fourth-order valence-electron chi connectivity index (χ4n) is 1.86. The summed E-state index contributed by atoms with van der Waals surface area (Å²) in [5, 5.41) is 8.48. The van der Waals surface area contributed by atoms with Crippen molar-refractivity contribution in [3.05, 3.63) is 6.33 Å². The molecule has 6 nitrogen and oxygen atoms in total. The predicted octanol–water partition coefficient (Wildman–Crippen LogP) is 0.402. The summed E-state index contributed by atoms with van der Waals surface area (Å²) in [6.07, 6.45) is 2.68. The van der Waals surface area contributed by atoms with Crippen molar-refractivity contribution in [1.82, 2.24) is 19.7 Å². The van der Waals surface area contributed by atoms with Gasteiger partial charge in [-0.15, -0.1) is 10.2 Å². The van der Waals surface area contributed by atoms with E-state index < -0.39 is 0 Å². The number of hydrogen-bond acceptors (Lipinski definition) is 5. The monoisotopic (exact) mass is 270 g/mol. The highest BCUT2D eigenvalue weighted by Gasteiger charge is 2.20. The van der Waals surface area contributed by atoms with Gasteiger partial charge in [-0.05, 0) is 6.42 Å². The number of thioether (sulfide) groups is 1. The Morgan fingerprint density at radius 3 is 3.17 bits per heavy atom. The maximum atomic E-state index is 11.9. The Balaban J connectivity index is 1.75. The summed E-state index contributed by atoms with van der Waals surface area (Å²) in [4.78, 5) is 13.7. The van der Waals surface area contributed by atoms with Crippen LogP contribution < -0.4 is 0 Å². The van der Waals surface area contributed by atoms with Gasteiger partial charge < -0.3 is 14.2 Å². The number of nitrogens with zero attached hydrogens (tertiary/aromatic N) is 4. The van der Waals surface area contributed by atoms with Crippen LogP contribution in [0.5, 0.6) is 0 Å². The Labute approximate surface area is 111 Å². The number of carbonyl (C=O) groups is 1. The van der Waals surface area contributed by atoms with Crippen LogP contribution in [0.2, 0.25) is 0 Å². The van der Waals surface area contributed by atoms with Gasteiger partial charge in [-0.2, -0.15) is 0 Å². The van der Waals surface area contributed by atoms with Gasteiger partial charge in [-0.1, -0.05) is 11.8 Å². The molecule has 2 rings (SSSR count). The van der Waals surface area contributed by atoms with E-state index in [1.54, 1.807) is 11.2 Å². The Morgan fingerprint density at radius 1 is 1.72 bits per heavy atom. The second-order valence-electron chi connectivity index (χ2n) is 4.52. The van der Waals surface area contributed by atoms with Gasteiger partial charge in [0.1, 0.15) is 6.33 Å². The average molecular weight is 270 g/mol. The second-order valence-corrected chi connectivity index (χ2v) is 5.46. The average Bonchev–Trinajstić information content (AvgIpc) is 2.98. The molecule has 18 heavy (non-hydrogen) atoms. The number of rotatable bonds is 5. The van der Waals surface area contributed by atoms with Crippen molar-refractivity contribution in [2.24, 2.45) is 13.0 Å². The summed E-state index contributed by atoms with van der Waals surface area (Å²) < 4.78 is 7.12. The fourth-order valence-corrected chi connectivity index (χ4v) is 2.68. The Hall–Kier alpha value is -1.08. The lowest BCUT2D eigenvalue weighted by molar-refractivity contribution is -0.127. The van der Waals surface area contributed by atoms with E-state index in [9.17, 15) is 4.79 Å². The molecule has 0 unspecified atom stereocenters. The lowest BCUT2D eigenvalue weighted by Gasteiger charge is -2.20. The van der Waals surface area contributed by atoms with Gasteiger partial charge in [0, 0.05) is 33.2 Å². The molecule has 1 amide bonds. The lowest BCUT2D eigenvalue weighted by atomic mass is 10.1. The molecule has 1 aliphatic heterocycles. The standard InChI is InChI=1S/C11H18N4O2S/c1-14(5-9-3-4-17-6-9)10(16)7-18-11-13-12-8-15(11)2/h8-9H,3-7H2,1-2H3/t9-/m0/s1. The van der Waals surface area contributed by atoms with Gasteiger partial charge in [0.15, 0.2) is 5.16 Å². The van der Waals surface area contributed by atoms with E-state index in [4.69, 9.17) is 4.74 Å². The summed E-state index contributed by atoms with van der Waals surface area (Å²) in [6, 6.07) is 0. The molecule has 7 heteroatoms. The van der Waals surface area contributed by atoms with Gasteiger partial charge in [-0.3, -0.25) is 4.79 Å². The summed E-state index contributed by atoms with van der Waals surface area (Å²) in [7, 11) is 3.71. The molecule has 0 N–H and O–H groups in total. The minimum absolute atomic E-state index is 0.120. The molecule has 0 aromatic carbocycles.